The van der Waals surface area contributed by atoms with Crippen molar-refractivity contribution in [3.63, 3.8) is 0 Å². The molecule has 6 heteroatoms. The molecule has 0 bridgehead atoms. The average molecular weight is 332 g/mol. The highest BCUT2D eigenvalue weighted by Crippen LogP contribution is 2.37. The summed E-state index contributed by atoms with van der Waals surface area (Å²) in [5.74, 6) is 1.40. The molecule has 24 heavy (non-hydrogen) atoms. The standard InChI is InChI=1S/C18H25FN4O/c1-18(19)8-6-13(7-9-18)23-16-14(11-20-23)17(24)22-15(21-16)10-12-4-2-3-5-12/h11-13H,2-10H2,1H3,(H,21,22,24). The zero-order valence-electron chi connectivity index (χ0n) is 14.2. The third-order valence-corrected chi connectivity index (χ3v) is 5.81. The zero-order chi connectivity index (χ0) is 16.7. The van der Waals surface area contributed by atoms with Crippen molar-refractivity contribution in [2.75, 3.05) is 0 Å². The Morgan fingerprint density at radius 2 is 2.00 bits per heavy atom. The molecule has 0 spiro atoms. The number of aromatic nitrogens is 4. The van der Waals surface area contributed by atoms with Crippen LogP contribution in [0.25, 0.3) is 11.0 Å². The Bertz CT molecular complexity index is 778. The number of nitrogens with zero attached hydrogens (tertiary/aromatic N) is 3. The highest BCUT2D eigenvalue weighted by molar-refractivity contribution is 5.73. The van der Waals surface area contributed by atoms with Gasteiger partial charge in [0.1, 0.15) is 16.9 Å². The molecule has 130 valence electrons. The molecule has 0 unspecified atom stereocenters. The second-order valence-electron chi connectivity index (χ2n) is 7.84. The number of fused-ring (bicyclic) bond motifs is 1. The van der Waals surface area contributed by atoms with Crippen molar-refractivity contribution in [3.8, 4) is 0 Å². The Labute approximate surface area is 140 Å². The lowest BCUT2D eigenvalue weighted by Crippen LogP contribution is -2.28. The molecule has 2 aliphatic rings. The molecule has 2 aromatic heterocycles. The van der Waals surface area contributed by atoms with E-state index in [-0.39, 0.29) is 11.6 Å². The second kappa shape index (κ2) is 5.97. The van der Waals surface area contributed by atoms with Crippen LogP contribution >= 0.6 is 0 Å². The summed E-state index contributed by atoms with van der Waals surface area (Å²) in [7, 11) is 0. The summed E-state index contributed by atoms with van der Waals surface area (Å²) in [5, 5.41) is 4.95. The van der Waals surface area contributed by atoms with Crippen LogP contribution < -0.4 is 5.56 Å². The molecule has 0 radical (unpaired) electrons. The fourth-order valence-electron chi connectivity index (χ4n) is 4.28. The first-order valence-corrected chi connectivity index (χ1v) is 9.17. The molecule has 0 atom stereocenters. The third-order valence-electron chi connectivity index (χ3n) is 5.81. The van der Waals surface area contributed by atoms with Crippen molar-refractivity contribution in [2.24, 2.45) is 5.92 Å². The number of halogens is 1. The number of hydrogen-bond donors (Lipinski definition) is 1. The summed E-state index contributed by atoms with van der Waals surface area (Å²) in [4.78, 5) is 20.0. The van der Waals surface area contributed by atoms with Gasteiger partial charge >= 0.3 is 0 Å². The van der Waals surface area contributed by atoms with Crippen LogP contribution in [-0.2, 0) is 6.42 Å². The fourth-order valence-corrected chi connectivity index (χ4v) is 4.28. The van der Waals surface area contributed by atoms with Crippen molar-refractivity contribution in [3.05, 3.63) is 22.4 Å². The van der Waals surface area contributed by atoms with Crippen LogP contribution in [-0.4, -0.2) is 25.4 Å². The van der Waals surface area contributed by atoms with E-state index < -0.39 is 5.67 Å². The first-order chi connectivity index (χ1) is 11.5. The van der Waals surface area contributed by atoms with E-state index in [1.807, 2.05) is 4.68 Å². The molecule has 2 heterocycles. The number of aromatic amines is 1. The van der Waals surface area contributed by atoms with E-state index in [4.69, 9.17) is 4.98 Å². The van der Waals surface area contributed by atoms with Crippen LogP contribution in [0.1, 0.15) is 70.2 Å². The van der Waals surface area contributed by atoms with Gasteiger partial charge in [0.15, 0.2) is 5.65 Å². The van der Waals surface area contributed by atoms with Gasteiger partial charge in [-0.05, 0) is 38.5 Å². The molecule has 4 rings (SSSR count). The van der Waals surface area contributed by atoms with Crippen LogP contribution in [0.2, 0.25) is 0 Å². The van der Waals surface area contributed by atoms with Crippen molar-refractivity contribution in [2.45, 2.75) is 76.4 Å². The minimum Gasteiger partial charge on any atom is -0.310 e. The molecule has 2 aliphatic carbocycles. The molecule has 0 amide bonds. The van der Waals surface area contributed by atoms with Gasteiger partial charge in [0, 0.05) is 6.42 Å². The first-order valence-electron chi connectivity index (χ1n) is 9.17. The Morgan fingerprint density at radius 1 is 1.29 bits per heavy atom. The Hall–Kier alpha value is -1.72. The monoisotopic (exact) mass is 332 g/mol. The van der Waals surface area contributed by atoms with Crippen LogP contribution in [0.15, 0.2) is 11.0 Å². The van der Waals surface area contributed by atoms with E-state index in [1.165, 1.54) is 25.7 Å². The van der Waals surface area contributed by atoms with Crippen LogP contribution in [0.3, 0.4) is 0 Å². The van der Waals surface area contributed by atoms with E-state index in [0.717, 1.165) is 25.1 Å². The van der Waals surface area contributed by atoms with Gasteiger partial charge < -0.3 is 4.98 Å². The van der Waals surface area contributed by atoms with Gasteiger partial charge in [0.2, 0.25) is 0 Å². The maximum atomic E-state index is 14.1. The van der Waals surface area contributed by atoms with E-state index in [9.17, 15) is 9.18 Å². The highest BCUT2D eigenvalue weighted by atomic mass is 19.1. The Morgan fingerprint density at radius 3 is 2.71 bits per heavy atom. The van der Waals surface area contributed by atoms with Crippen LogP contribution in [0.4, 0.5) is 4.39 Å². The van der Waals surface area contributed by atoms with Gasteiger partial charge in [0.25, 0.3) is 5.56 Å². The highest BCUT2D eigenvalue weighted by Gasteiger charge is 2.32. The van der Waals surface area contributed by atoms with Gasteiger partial charge in [-0.3, -0.25) is 4.79 Å². The molecular weight excluding hydrogens is 307 g/mol. The fraction of sp³-hybridized carbons (Fsp3) is 0.722. The summed E-state index contributed by atoms with van der Waals surface area (Å²) in [6.45, 7) is 1.67. The van der Waals surface area contributed by atoms with Gasteiger partial charge in [-0.15, -0.1) is 0 Å². The van der Waals surface area contributed by atoms with Gasteiger partial charge in [0.05, 0.1) is 12.2 Å². The topological polar surface area (TPSA) is 63.6 Å². The van der Waals surface area contributed by atoms with E-state index in [1.54, 1.807) is 13.1 Å². The summed E-state index contributed by atoms with van der Waals surface area (Å²) in [6.07, 6.45) is 10.0. The summed E-state index contributed by atoms with van der Waals surface area (Å²) >= 11 is 0. The first kappa shape index (κ1) is 15.8. The van der Waals surface area contributed by atoms with Gasteiger partial charge in [-0.2, -0.15) is 5.10 Å². The molecule has 1 N–H and O–H groups in total. The second-order valence-corrected chi connectivity index (χ2v) is 7.84. The zero-order valence-corrected chi connectivity index (χ0v) is 14.2. The Balaban J connectivity index is 1.64. The van der Waals surface area contributed by atoms with E-state index in [2.05, 4.69) is 10.1 Å². The average Bonchev–Trinajstić information content (AvgIpc) is 3.17. The molecule has 2 fully saturated rings. The lowest BCUT2D eigenvalue weighted by molar-refractivity contribution is 0.103. The molecule has 0 saturated heterocycles. The van der Waals surface area contributed by atoms with Gasteiger partial charge in [-0.1, -0.05) is 25.7 Å². The normalized spacial score (nSPS) is 28.7. The minimum absolute atomic E-state index is 0.106. The summed E-state index contributed by atoms with van der Waals surface area (Å²) in [5.41, 5.74) is -0.512. The quantitative estimate of drug-likeness (QED) is 0.932. The third kappa shape index (κ3) is 2.98. The molecule has 0 aromatic carbocycles. The lowest BCUT2D eigenvalue weighted by atomic mass is 9.85. The molecular formula is C18H25FN4O. The van der Waals surface area contributed by atoms with E-state index >= 15 is 0 Å². The lowest BCUT2D eigenvalue weighted by Gasteiger charge is -2.31. The van der Waals surface area contributed by atoms with Crippen molar-refractivity contribution in [1.29, 1.82) is 0 Å². The molecule has 0 aliphatic heterocycles. The van der Waals surface area contributed by atoms with Crippen molar-refractivity contribution in [1.82, 2.24) is 19.7 Å². The van der Waals surface area contributed by atoms with E-state index in [0.29, 0.717) is 29.8 Å². The van der Waals surface area contributed by atoms with Crippen LogP contribution in [0, 0.1) is 5.92 Å². The maximum Gasteiger partial charge on any atom is 0.262 e. The maximum absolute atomic E-state index is 14.1. The summed E-state index contributed by atoms with van der Waals surface area (Å²) < 4.78 is 15.9. The molecule has 2 saturated carbocycles. The smallest absolute Gasteiger partial charge is 0.262 e. The predicted octanol–water partition coefficient (Wildman–Crippen LogP) is 3.70. The number of rotatable bonds is 3. The number of alkyl halides is 1. The van der Waals surface area contributed by atoms with Crippen molar-refractivity contribution < 1.29 is 4.39 Å². The number of H-pyrrole nitrogens is 1. The largest absolute Gasteiger partial charge is 0.310 e. The number of hydrogen-bond acceptors (Lipinski definition) is 3. The Kier molecular flexibility index (Phi) is 3.93. The van der Waals surface area contributed by atoms with Crippen LogP contribution in [0.5, 0.6) is 0 Å². The van der Waals surface area contributed by atoms with Crippen molar-refractivity contribution >= 4 is 11.0 Å². The number of nitrogens with one attached hydrogen (secondary N) is 1. The van der Waals surface area contributed by atoms with Gasteiger partial charge in [-0.25, -0.2) is 14.1 Å². The SMILES string of the molecule is CC1(F)CCC(n2ncc3c(=O)[nH]c(CC4CCCC4)nc32)CC1. The molecule has 2 aromatic rings. The molecule has 5 nitrogen and oxygen atoms in total. The minimum atomic E-state index is -1.07. The predicted molar refractivity (Wildman–Crippen MR) is 90.8 cm³/mol. The summed E-state index contributed by atoms with van der Waals surface area (Å²) in [6, 6.07) is 0.139.